The van der Waals surface area contributed by atoms with Gasteiger partial charge in [0.1, 0.15) is 29.1 Å². The number of thiophene rings is 1. The molecule has 0 bridgehead atoms. The van der Waals surface area contributed by atoms with Crippen molar-refractivity contribution in [3.05, 3.63) is 85.5 Å². The third-order valence-corrected chi connectivity index (χ3v) is 9.33. The van der Waals surface area contributed by atoms with Crippen molar-refractivity contribution in [2.45, 2.75) is 31.7 Å². The van der Waals surface area contributed by atoms with E-state index in [1.807, 2.05) is 11.9 Å². The van der Waals surface area contributed by atoms with Gasteiger partial charge in [-0.25, -0.2) is 18.4 Å². The van der Waals surface area contributed by atoms with Gasteiger partial charge < -0.3 is 15.5 Å². The van der Waals surface area contributed by atoms with E-state index >= 15 is 4.39 Å². The van der Waals surface area contributed by atoms with E-state index in [4.69, 9.17) is 0 Å². The minimum absolute atomic E-state index is 0.0275. The van der Waals surface area contributed by atoms with Gasteiger partial charge in [0.05, 0.1) is 10.6 Å². The Balaban J connectivity index is 1.26. The van der Waals surface area contributed by atoms with E-state index in [1.54, 1.807) is 36.3 Å². The van der Waals surface area contributed by atoms with Crippen LogP contribution in [0, 0.1) is 11.6 Å². The van der Waals surface area contributed by atoms with E-state index in [-0.39, 0.29) is 22.9 Å². The molecule has 1 atom stereocenters. The van der Waals surface area contributed by atoms with Gasteiger partial charge in [-0.1, -0.05) is 6.07 Å². The molecule has 0 unspecified atom stereocenters. The van der Waals surface area contributed by atoms with Crippen molar-refractivity contribution >= 4 is 40.3 Å². The fourth-order valence-electron chi connectivity index (χ4n) is 5.59. The Morgan fingerprint density at radius 3 is 2.57 bits per heavy atom. The first-order valence-corrected chi connectivity index (χ1v) is 15.1. The molecule has 13 heteroatoms. The Bertz CT molecular complexity index is 1800. The largest absolute Gasteiger partial charge is 0.343 e. The number of piperazine rings is 1. The second-order valence-electron chi connectivity index (χ2n) is 11.1. The summed E-state index contributed by atoms with van der Waals surface area (Å²) in [6, 6.07) is 8.36. The van der Waals surface area contributed by atoms with Crippen LogP contribution in [0.1, 0.15) is 44.6 Å². The second-order valence-corrected chi connectivity index (χ2v) is 12.3. The molecule has 10 nitrogen and oxygen atoms in total. The number of fused-ring (bicyclic) bond motifs is 1. The number of aromatic nitrogens is 3. The summed E-state index contributed by atoms with van der Waals surface area (Å²) in [5, 5.41) is 9.53. The number of nitrogens with zero attached hydrogens (tertiary/aromatic N) is 5. The van der Waals surface area contributed by atoms with Crippen molar-refractivity contribution in [3.63, 3.8) is 0 Å². The van der Waals surface area contributed by atoms with Crippen LogP contribution >= 0.6 is 11.3 Å². The van der Waals surface area contributed by atoms with Crippen LogP contribution in [0.4, 0.5) is 26.0 Å². The number of pyridine rings is 1. The van der Waals surface area contributed by atoms with E-state index in [0.717, 1.165) is 53.4 Å². The molecule has 1 aliphatic carbocycles. The van der Waals surface area contributed by atoms with E-state index in [2.05, 4.69) is 20.7 Å². The molecule has 44 heavy (non-hydrogen) atoms. The van der Waals surface area contributed by atoms with Crippen molar-refractivity contribution in [3.8, 4) is 11.3 Å². The number of anilines is 3. The lowest BCUT2D eigenvalue weighted by Crippen LogP contribution is -2.49. The number of amides is 2. The van der Waals surface area contributed by atoms with Crippen molar-refractivity contribution in [2.75, 3.05) is 37.8 Å². The van der Waals surface area contributed by atoms with Gasteiger partial charge in [-0.05, 0) is 74.2 Å². The molecule has 2 N–H and O–H groups in total. The zero-order valence-electron chi connectivity index (χ0n) is 24.5. The minimum Gasteiger partial charge on any atom is -0.343 e. The van der Waals surface area contributed by atoms with E-state index in [0.29, 0.717) is 22.8 Å². The molecular formula is C31H31F2N7O3S. The number of likely N-dealkylation sites (N-methyl/N-ethyl adjacent to an activating group) is 2. The first-order valence-electron chi connectivity index (χ1n) is 14.3. The van der Waals surface area contributed by atoms with Crippen LogP contribution < -0.4 is 16.2 Å². The molecule has 2 aliphatic rings. The predicted octanol–water partition coefficient (Wildman–Crippen LogP) is 4.50. The molecule has 4 aromatic rings. The molecular weight excluding hydrogens is 588 g/mol. The fraction of sp³-hybridized carbons (Fsp3) is 0.323. The Morgan fingerprint density at radius 2 is 1.82 bits per heavy atom. The Morgan fingerprint density at radius 1 is 1.02 bits per heavy atom. The molecule has 1 aromatic carbocycles. The average molecular weight is 620 g/mol. The summed E-state index contributed by atoms with van der Waals surface area (Å²) < 4.78 is 31.6. The van der Waals surface area contributed by atoms with Crippen molar-refractivity contribution in [1.29, 1.82) is 0 Å². The minimum atomic E-state index is -1.01. The number of carbonyl (C=O) groups excluding carboxylic acids is 2. The van der Waals surface area contributed by atoms with Gasteiger partial charge >= 0.3 is 0 Å². The van der Waals surface area contributed by atoms with Gasteiger partial charge in [0.2, 0.25) is 5.91 Å². The number of carbonyl (C=O) groups is 2. The summed E-state index contributed by atoms with van der Waals surface area (Å²) in [5.74, 6) is -2.22. The van der Waals surface area contributed by atoms with Gasteiger partial charge in [0, 0.05) is 43.8 Å². The average Bonchev–Trinajstić information content (AvgIpc) is 3.45. The molecule has 1 fully saturated rings. The maximum atomic E-state index is 15.8. The summed E-state index contributed by atoms with van der Waals surface area (Å²) in [4.78, 5) is 48.2. The first kappa shape index (κ1) is 29.6. The van der Waals surface area contributed by atoms with Crippen LogP contribution in [-0.2, 0) is 24.7 Å². The smallest absolute Gasteiger partial charge is 0.290 e. The van der Waals surface area contributed by atoms with Crippen LogP contribution in [-0.4, -0.2) is 63.6 Å². The molecule has 3 aromatic heterocycles. The normalized spacial score (nSPS) is 17.0. The van der Waals surface area contributed by atoms with Crippen molar-refractivity contribution in [2.24, 2.45) is 7.05 Å². The molecule has 0 saturated carbocycles. The van der Waals surface area contributed by atoms with Crippen LogP contribution in [0.3, 0.4) is 0 Å². The zero-order chi connectivity index (χ0) is 31.1. The van der Waals surface area contributed by atoms with Gasteiger partial charge in [-0.3, -0.25) is 19.3 Å². The van der Waals surface area contributed by atoms with Gasteiger partial charge in [-0.15, -0.1) is 11.3 Å². The molecule has 0 spiro atoms. The highest BCUT2D eigenvalue weighted by Crippen LogP contribution is 2.33. The number of nitrogens with one attached hydrogen (secondary N) is 2. The van der Waals surface area contributed by atoms with Gasteiger partial charge in [-0.2, -0.15) is 5.10 Å². The van der Waals surface area contributed by atoms with Crippen LogP contribution in [0.25, 0.3) is 11.3 Å². The number of aryl methyl sites for hydroxylation is 3. The van der Waals surface area contributed by atoms with E-state index < -0.39 is 34.8 Å². The number of halogens is 2. The van der Waals surface area contributed by atoms with Crippen molar-refractivity contribution < 1.29 is 18.4 Å². The lowest BCUT2D eigenvalue weighted by Gasteiger charge is -2.36. The molecule has 228 valence electrons. The summed E-state index contributed by atoms with van der Waals surface area (Å²) in [6.45, 7) is 1.37. The Hall–Kier alpha value is -4.49. The summed E-state index contributed by atoms with van der Waals surface area (Å²) >= 11 is 1.35. The highest BCUT2D eigenvalue weighted by Gasteiger charge is 2.32. The molecule has 6 rings (SSSR count). The van der Waals surface area contributed by atoms with Crippen molar-refractivity contribution in [1.82, 2.24) is 24.6 Å². The standard InChI is InChI=1S/C31H31F2N7O3S/c1-38-12-13-39(2)31(43)28(38)18-8-11-25(34-16-18)35-22-15-21(37-40(3)30(22)42)19-9-10-20(32)27(26(19)33)36-29(41)24-14-17-6-4-5-7-23(17)44-24/h8-11,14-16,28H,4-7,12-13H2,1-3H3,(H,34,35)(H,36,41)/t28-/m1/s1. The maximum absolute atomic E-state index is 15.8. The Labute approximate surface area is 256 Å². The highest BCUT2D eigenvalue weighted by molar-refractivity contribution is 7.14. The SMILES string of the molecule is CN1CCN(C)[C@H](c2ccc(Nc3cc(-c4ccc(F)c(NC(=O)c5cc6c(s5)CCCC6)c4F)nn(C)c3=O)nc2)C1=O. The second kappa shape index (κ2) is 11.9. The lowest BCUT2D eigenvalue weighted by molar-refractivity contribution is -0.139. The summed E-state index contributed by atoms with van der Waals surface area (Å²) in [6.07, 6.45) is 5.47. The monoisotopic (exact) mass is 619 g/mol. The first-order chi connectivity index (χ1) is 21.1. The number of hydrogen-bond donors (Lipinski definition) is 2. The van der Waals surface area contributed by atoms with Crippen LogP contribution in [0.15, 0.2) is 47.4 Å². The van der Waals surface area contributed by atoms with E-state index in [9.17, 15) is 18.8 Å². The highest BCUT2D eigenvalue weighted by atomic mass is 32.1. The lowest BCUT2D eigenvalue weighted by atomic mass is 9.99. The van der Waals surface area contributed by atoms with E-state index in [1.165, 1.54) is 30.5 Å². The maximum Gasteiger partial charge on any atom is 0.290 e. The summed E-state index contributed by atoms with van der Waals surface area (Å²) in [5.41, 5.74) is 0.739. The predicted molar refractivity (Wildman–Crippen MR) is 164 cm³/mol. The molecule has 1 aliphatic heterocycles. The topological polar surface area (TPSA) is 112 Å². The number of benzene rings is 1. The molecule has 1 saturated heterocycles. The van der Waals surface area contributed by atoms with Gasteiger partial charge in [0.25, 0.3) is 11.5 Å². The van der Waals surface area contributed by atoms with Gasteiger partial charge in [0.15, 0.2) is 5.82 Å². The van der Waals surface area contributed by atoms with Crippen LogP contribution in [0.2, 0.25) is 0 Å². The third kappa shape index (κ3) is 5.60. The number of hydrogen-bond acceptors (Lipinski definition) is 8. The summed E-state index contributed by atoms with van der Waals surface area (Å²) in [7, 11) is 5.06. The molecule has 0 radical (unpaired) electrons. The fourth-order valence-corrected chi connectivity index (χ4v) is 6.74. The zero-order valence-corrected chi connectivity index (χ0v) is 25.3. The number of rotatable bonds is 6. The molecule has 2 amide bonds. The third-order valence-electron chi connectivity index (χ3n) is 8.09. The molecule has 4 heterocycles. The quantitative estimate of drug-likeness (QED) is 0.327. The Kier molecular flexibility index (Phi) is 7.99. The van der Waals surface area contributed by atoms with Crippen LogP contribution in [0.5, 0.6) is 0 Å².